The fourth-order valence-corrected chi connectivity index (χ4v) is 5.25. The van der Waals surface area contributed by atoms with Gasteiger partial charge >= 0.3 is 5.97 Å². The largest absolute Gasteiger partial charge is 0.465 e. The van der Waals surface area contributed by atoms with Crippen molar-refractivity contribution in [1.82, 2.24) is 15.1 Å². The Hall–Kier alpha value is -3.24. The summed E-state index contributed by atoms with van der Waals surface area (Å²) in [5, 5.41) is 11.4. The van der Waals surface area contributed by atoms with Gasteiger partial charge in [0.2, 0.25) is 16.9 Å². The van der Waals surface area contributed by atoms with Crippen LogP contribution < -0.4 is 5.32 Å². The molecule has 10 heteroatoms. The molecule has 2 amide bonds. The lowest BCUT2D eigenvalue weighted by atomic mass is 10.1. The van der Waals surface area contributed by atoms with E-state index in [0.29, 0.717) is 29.5 Å². The first-order valence-corrected chi connectivity index (χ1v) is 12.5. The lowest BCUT2D eigenvalue weighted by molar-refractivity contribution is -0.128. The summed E-state index contributed by atoms with van der Waals surface area (Å²) >= 11 is 2.78. The zero-order chi connectivity index (χ0) is 24.1. The minimum atomic E-state index is -0.411. The van der Waals surface area contributed by atoms with Crippen LogP contribution in [0.25, 0.3) is 0 Å². The van der Waals surface area contributed by atoms with Crippen molar-refractivity contribution in [1.29, 1.82) is 0 Å². The summed E-state index contributed by atoms with van der Waals surface area (Å²) in [6.45, 7) is 2.91. The van der Waals surface area contributed by atoms with E-state index < -0.39 is 5.92 Å². The van der Waals surface area contributed by atoms with Gasteiger partial charge in [-0.05, 0) is 30.2 Å². The average Bonchev–Trinajstić information content (AvgIpc) is 3.45. The predicted octanol–water partition coefficient (Wildman–Crippen LogP) is 3.91. The molecule has 34 heavy (non-hydrogen) atoms. The average molecular weight is 497 g/mol. The molecule has 3 aromatic rings. The van der Waals surface area contributed by atoms with Gasteiger partial charge in [0, 0.05) is 25.3 Å². The van der Waals surface area contributed by atoms with Crippen LogP contribution in [0.3, 0.4) is 0 Å². The summed E-state index contributed by atoms with van der Waals surface area (Å²) < 4.78 is 5.42. The van der Waals surface area contributed by atoms with Crippen LogP contribution in [-0.2, 0) is 26.6 Å². The molecular formula is C24H24N4O4S2. The Labute approximate surface area is 205 Å². The predicted molar refractivity (Wildman–Crippen MR) is 131 cm³/mol. The van der Waals surface area contributed by atoms with Gasteiger partial charge in [-0.1, -0.05) is 65.1 Å². The number of nitrogens with zero attached hydrogens (tertiary/aromatic N) is 3. The van der Waals surface area contributed by atoms with Gasteiger partial charge in [0.1, 0.15) is 0 Å². The third kappa shape index (κ3) is 6.00. The molecule has 1 saturated heterocycles. The highest BCUT2D eigenvalue weighted by atomic mass is 32.2. The second-order valence-electron chi connectivity index (χ2n) is 8.00. The van der Waals surface area contributed by atoms with Gasteiger partial charge in [-0.2, -0.15) is 0 Å². The van der Waals surface area contributed by atoms with Crippen LogP contribution >= 0.6 is 23.1 Å². The number of rotatable bonds is 8. The van der Waals surface area contributed by atoms with E-state index in [9.17, 15) is 14.4 Å². The minimum absolute atomic E-state index is 0.0209. The van der Waals surface area contributed by atoms with Crippen molar-refractivity contribution in [2.45, 2.75) is 30.0 Å². The maximum Gasteiger partial charge on any atom is 0.337 e. The number of anilines is 1. The molecule has 2 aromatic carbocycles. The lowest BCUT2D eigenvalue weighted by Crippen LogP contribution is -2.28. The first-order chi connectivity index (χ1) is 16.4. The fourth-order valence-electron chi connectivity index (χ4n) is 3.54. The van der Waals surface area contributed by atoms with Crippen LogP contribution in [0.1, 0.15) is 33.5 Å². The van der Waals surface area contributed by atoms with Crippen LogP contribution in [0, 0.1) is 12.8 Å². The number of aromatic nitrogens is 2. The number of amides is 2. The number of carbonyl (C=O) groups is 3. The Morgan fingerprint density at radius 2 is 1.82 bits per heavy atom. The Kier molecular flexibility index (Phi) is 7.59. The van der Waals surface area contributed by atoms with Gasteiger partial charge in [0.05, 0.1) is 18.6 Å². The zero-order valence-corrected chi connectivity index (χ0v) is 20.4. The summed E-state index contributed by atoms with van der Waals surface area (Å²) in [5.74, 6) is -0.370. The summed E-state index contributed by atoms with van der Waals surface area (Å²) in [6.07, 6.45) is 0.194. The molecule has 176 valence electrons. The van der Waals surface area contributed by atoms with Crippen molar-refractivity contribution in [3.8, 4) is 0 Å². The standard InChI is InChI=1S/C24H24N4O4S2/c1-15-3-5-16(6-4-15)12-28-13-19(11-20(28)29)21(30)25-23-26-27-24(34-23)33-14-17-7-9-18(10-8-17)22(31)32-2/h3-10,19H,11-14H2,1-2H3,(H,25,26,30)/t19-/m0/s1. The molecule has 0 aliphatic carbocycles. The number of carbonyl (C=O) groups excluding carboxylic acids is 3. The SMILES string of the molecule is COC(=O)c1ccc(CSc2nnc(NC(=O)[C@H]3CC(=O)N(Cc4ccc(C)cc4)C3)s2)cc1. The van der Waals surface area contributed by atoms with Crippen molar-refractivity contribution in [3.05, 3.63) is 70.8 Å². The van der Waals surface area contributed by atoms with Crippen LogP contribution in [0.2, 0.25) is 0 Å². The number of likely N-dealkylation sites (tertiary alicyclic amines) is 1. The number of hydrogen-bond acceptors (Lipinski definition) is 8. The first kappa shape index (κ1) is 23.9. The van der Waals surface area contributed by atoms with E-state index in [1.807, 2.05) is 43.3 Å². The lowest BCUT2D eigenvalue weighted by Gasteiger charge is -2.16. The minimum Gasteiger partial charge on any atom is -0.465 e. The van der Waals surface area contributed by atoms with E-state index in [1.165, 1.54) is 35.8 Å². The van der Waals surface area contributed by atoms with Gasteiger partial charge in [0.25, 0.3) is 0 Å². The van der Waals surface area contributed by atoms with E-state index >= 15 is 0 Å². The molecular weight excluding hydrogens is 472 g/mol. The zero-order valence-electron chi connectivity index (χ0n) is 18.8. The molecule has 4 rings (SSSR count). The molecule has 0 spiro atoms. The molecule has 1 fully saturated rings. The van der Waals surface area contributed by atoms with Crippen LogP contribution in [0.15, 0.2) is 52.9 Å². The van der Waals surface area contributed by atoms with Gasteiger partial charge in [-0.15, -0.1) is 10.2 Å². The summed E-state index contributed by atoms with van der Waals surface area (Å²) in [7, 11) is 1.35. The normalized spacial score (nSPS) is 15.4. The van der Waals surface area contributed by atoms with E-state index in [4.69, 9.17) is 4.74 Å². The third-order valence-electron chi connectivity index (χ3n) is 5.45. The van der Waals surface area contributed by atoms with Gasteiger partial charge < -0.3 is 15.0 Å². The quantitative estimate of drug-likeness (QED) is 0.287. The number of esters is 1. The Morgan fingerprint density at radius 1 is 1.12 bits per heavy atom. The number of methoxy groups -OCH3 is 1. The topological polar surface area (TPSA) is 101 Å². The van der Waals surface area contributed by atoms with Crippen LogP contribution in [0.5, 0.6) is 0 Å². The number of thioether (sulfide) groups is 1. The molecule has 0 bridgehead atoms. The monoisotopic (exact) mass is 496 g/mol. The third-order valence-corrected chi connectivity index (χ3v) is 7.50. The molecule has 0 saturated carbocycles. The summed E-state index contributed by atoms with van der Waals surface area (Å²) in [5.41, 5.74) is 3.74. The molecule has 0 unspecified atom stereocenters. The van der Waals surface area contributed by atoms with E-state index in [-0.39, 0.29) is 24.2 Å². The Bertz CT molecular complexity index is 1180. The van der Waals surface area contributed by atoms with Crippen molar-refractivity contribution >= 4 is 46.0 Å². The molecule has 1 aliphatic heterocycles. The molecule has 2 heterocycles. The molecule has 1 atom stereocenters. The fraction of sp³-hybridized carbons (Fsp3) is 0.292. The maximum absolute atomic E-state index is 12.7. The van der Waals surface area contributed by atoms with Gasteiger partial charge in [-0.25, -0.2) is 4.79 Å². The van der Waals surface area contributed by atoms with E-state index in [0.717, 1.165) is 15.5 Å². The summed E-state index contributed by atoms with van der Waals surface area (Å²) in [4.78, 5) is 38.4. The number of hydrogen-bond donors (Lipinski definition) is 1. The molecule has 0 radical (unpaired) electrons. The van der Waals surface area contributed by atoms with Crippen molar-refractivity contribution in [3.63, 3.8) is 0 Å². The smallest absolute Gasteiger partial charge is 0.337 e. The highest BCUT2D eigenvalue weighted by molar-refractivity contribution is 8.00. The van der Waals surface area contributed by atoms with Crippen molar-refractivity contribution in [2.24, 2.45) is 5.92 Å². The van der Waals surface area contributed by atoms with E-state index in [1.54, 1.807) is 17.0 Å². The van der Waals surface area contributed by atoms with Crippen LogP contribution in [-0.4, -0.2) is 46.5 Å². The molecule has 1 aromatic heterocycles. The second kappa shape index (κ2) is 10.8. The summed E-state index contributed by atoms with van der Waals surface area (Å²) in [6, 6.07) is 15.2. The highest BCUT2D eigenvalue weighted by Crippen LogP contribution is 2.29. The molecule has 1 aliphatic rings. The van der Waals surface area contributed by atoms with E-state index in [2.05, 4.69) is 15.5 Å². The maximum atomic E-state index is 12.7. The Morgan fingerprint density at radius 3 is 2.53 bits per heavy atom. The molecule has 8 nitrogen and oxygen atoms in total. The highest BCUT2D eigenvalue weighted by Gasteiger charge is 2.34. The Balaban J connectivity index is 1.27. The molecule has 1 N–H and O–H groups in total. The number of nitrogens with one attached hydrogen (secondary N) is 1. The van der Waals surface area contributed by atoms with Gasteiger partial charge in [0.15, 0.2) is 4.34 Å². The second-order valence-corrected chi connectivity index (χ2v) is 10.2. The van der Waals surface area contributed by atoms with Gasteiger partial charge in [-0.3, -0.25) is 9.59 Å². The number of aryl methyl sites for hydroxylation is 1. The first-order valence-electron chi connectivity index (χ1n) is 10.7. The number of ether oxygens (including phenoxy) is 1. The van der Waals surface area contributed by atoms with Crippen molar-refractivity contribution < 1.29 is 19.1 Å². The number of benzene rings is 2. The van der Waals surface area contributed by atoms with Crippen LogP contribution in [0.4, 0.5) is 5.13 Å². The van der Waals surface area contributed by atoms with Crippen molar-refractivity contribution in [2.75, 3.05) is 19.0 Å².